The topological polar surface area (TPSA) is 55.8 Å². The van der Waals surface area contributed by atoms with Gasteiger partial charge in [-0.1, -0.05) is 73.5 Å². The van der Waals surface area contributed by atoms with Gasteiger partial charge in [0.2, 0.25) is 0 Å². The number of benzene rings is 5. The van der Waals surface area contributed by atoms with Crippen molar-refractivity contribution in [3.05, 3.63) is 129 Å². The number of Topliss-reactive ketones (excluding diaryl/α,β-unsaturated/α-hetero) is 2. The molecule has 218 valence electrons. The lowest BCUT2D eigenvalue weighted by molar-refractivity contribution is 0.0990. The second kappa shape index (κ2) is 9.95. The van der Waals surface area contributed by atoms with Gasteiger partial charge in [0.1, 0.15) is 11.5 Å². The van der Waals surface area contributed by atoms with E-state index >= 15 is 0 Å². The minimum Gasteiger partial charge on any atom is -0.496 e. The van der Waals surface area contributed by atoms with Crippen molar-refractivity contribution in [3.63, 3.8) is 0 Å². The SMILES string of the molecule is COc1cc(N2c3ccc(C)cc3C(C)(C)c3cc(C)ccc32)c(OC)cc1C=C1C(=O)c2cc3ccccc3cc2C1=O. The molecule has 44 heavy (non-hydrogen) atoms. The number of fused-ring (bicyclic) bond motifs is 4. The highest BCUT2D eigenvalue weighted by Crippen LogP contribution is 2.54. The molecule has 0 spiro atoms. The van der Waals surface area contributed by atoms with Crippen LogP contribution in [0.3, 0.4) is 0 Å². The molecule has 1 heterocycles. The largest absolute Gasteiger partial charge is 0.496 e. The highest BCUT2D eigenvalue weighted by atomic mass is 16.5. The summed E-state index contributed by atoms with van der Waals surface area (Å²) < 4.78 is 11.9. The second-order valence-corrected chi connectivity index (χ2v) is 12.2. The molecule has 0 saturated heterocycles. The Morgan fingerprint density at radius 1 is 0.636 bits per heavy atom. The van der Waals surface area contributed by atoms with E-state index in [0.29, 0.717) is 28.2 Å². The molecule has 7 rings (SSSR count). The molecule has 2 aliphatic rings. The first-order valence-electron chi connectivity index (χ1n) is 14.7. The maximum atomic E-state index is 13.5. The number of carbonyl (C=O) groups is 2. The van der Waals surface area contributed by atoms with E-state index in [4.69, 9.17) is 9.47 Å². The molecular weight excluding hydrogens is 546 g/mol. The van der Waals surface area contributed by atoms with Crippen LogP contribution in [-0.2, 0) is 5.41 Å². The van der Waals surface area contributed by atoms with E-state index in [1.165, 1.54) is 22.3 Å². The van der Waals surface area contributed by atoms with Gasteiger partial charge in [0.25, 0.3) is 0 Å². The third kappa shape index (κ3) is 4.07. The fourth-order valence-electron chi connectivity index (χ4n) is 6.71. The Kier molecular flexibility index (Phi) is 6.26. The summed E-state index contributed by atoms with van der Waals surface area (Å²) in [5, 5.41) is 1.85. The van der Waals surface area contributed by atoms with Crippen molar-refractivity contribution in [1.29, 1.82) is 0 Å². The quantitative estimate of drug-likeness (QED) is 0.157. The van der Waals surface area contributed by atoms with Gasteiger partial charge in [-0.3, -0.25) is 9.59 Å². The van der Waals surface area contributed by atoms with Gasteiger partial charge in [-0.05, 0) is 72.2 Å². The molecule has 5 heteroatoms. The lowest BCUT2D eigenvalue weighted by Gasteiger charge is -2.42. The van der Waals surface area contributed by atoms with Crippen LogP contribution in [0.4, 0.5) is 17.1 Å². The number of methoxy groups -OCH3 is 2. The van der Waals surface area contributed by atoms with E-state index < -0.39 is 0 Å². The number of hydrogen-bond acceptors (Lipinski definition) is 5. The Morgan fingerprint density at radius 3 is 1.66 bits per heavy atom. The summed E-state index contributed by atoms with van der Waals surface area (Å²) in [6.45, 7) is 8.77. The predicted molar refractivity (Wildman–Crippen MR) is 176 cm³/mol. The van der Waals surface area contributed by atoms with Crippen LogP contribution in [0.15, 0.2) is 90.5 Å². The number of nitrogens with zero attached hydrogens (tertiary/aromatic N) is 1. The molecule has 1 aliphatic carbocycles. The smallest absolute Gasteiger partial charge is 0.197 e. The van der Waals surface area contributed by atoms with Crippen LogP contribution >= 0.6 is 0 Å². The second-order valence-electron chi connectivity index (χ2n) is 12.2. The summed E-state index contributed by atoms with van der Waals surface area (Å²) in [4.78, 5) is 29.3. The lowest BCUT2D eigenvalue weighted by atomic mass is 9.72. The summed E-state index contributed by atoms with van der Waals surface area (Å²) >= 11 is 0. The van der Waals surface area contributed by atoms with Gasteiger partial charge in [0, 0.05) is 28.2 Å². The first kappa shape index (κ1) is 27.7. The predicted octanol–water partition coefficient (Wildman–Crippen LogP) is 9.05. The standard InChI is InChI=1S/C39H33NO4/c1-22-11-13-32-30(15-22)39(3,4)31-16-23(2)12-14-33(31)40(32)34-21-35(43-5)26(20-36(34)44-6)19-29-37(41)27-17-24-9-7-8-10-25(24)18-28(27)38(29)42/h7-21H,1-6H3. The molecule has 0 radical (unpaired) electrons. The molecule has 0 amide bonds. The van der Waals surface area contributed by atoms with Gasteiger partial charge in [0.15, 0.2) is 11.6 Å². The molecule has 0 unspecified atom stereocenters. The van der Waals surface area contributed by atoms with Crippen molar-refractivity contribution in [3.8, 4) is 11.5 Å². The Bertz CT molecular complexity index is 1970. The number of allylic oxidation sites excluding steroid dienone is 1. The number of aryl methyl sites for hydroxylation is 2. The molecule has 0 N–H and O–H groups in total. The van der Waals surface area contributed by atoms with E-state index in [-0.39, 0.29) is 22.6 Å². The lowest BCUT2D eigenvalue weighted by Crippen LogP contribution is -2.31. The molecule has 5 aromatic rings. The van der Waals surface area contributed by atoms with Crippen molar-refractivity contribution >= 4 is 45.5 Å². The van der Waals surface area contributed by atoms with Crippen molar-refractivity contribution < 1.29 is 19.1 Å². The van der Waals surface area contributed by atoms with Crippen LogP contribution in [0.2, 0.25) is 0 Å². The van der Waals surface area contributed by atoms with E-state index in [0.717, 1.165) is 27.8 Å². The van der Waals surface area contributed by atoms with Crippen LogP contribution in [-0.4, -0.2) is 25.8 Å². The van der Waals surface area contributed by atoms with Crippen LogP contribution < -0.4 is 14.4 Å². The maximum absolute atomic E-state index is 13.5. The third-order valence-corrected chi connectivity index (χ3v) is 9.07. The van der Waals surface area contributed by atoms with Crippen LogP contribution in [0.25, 0.3) is 16.8 Å². The first-order valence-corrected chi connectivity index (χ1v) is 14.7. The third-order valence-electron chi connectivity index (χ3n) is 9.07. The molecular formula is C39H33NO4. The number of hydrogen-bond donors (Lipinski definition) is 0. The maximum Gasteiger partial charge on any atom is 0.197 e. The molecule has 5 nitrogen and oxygen atoms in total. The minimum atomic E-state index is -0.285. The first-order chi connectivity index (χ1) is 21.1. The molecule has 1 aliphatic heterocycles. The minimum absolute atomic E-state index is 0.116. The van der Waals surface area contributed by atoms with Gasteiger partial charge in [-0.2, -0.15) is 0 Å². The molecule has 0 saturated carbocycles. The molecule has 0 fully saturated rings. The van der Waals surface area contributed by atoms with Gasteiger partial charge >= 0.3 is 0 Å². The zero-order valence-electron chi connectivity index (χ0n) is 25.7. The number of ketones is 2. The fraction of sp³-hybridized carbons (Fsp3) is 0.179. The van der Waals surface area contributed by atoms with Crippen molar-refractivity contribution in [1.82, 2.24) is 0 Å². The fourth-order valence-corrected chi connectivity index (χ4v) is 6.71. The molecule has 5 aromatic carbocycles. The zero-order valence-corrected chi connectivity index (χ0v) is 25.7. The summed E-state index contributed by atoms with van der Waals surface area (Å²) in [5.74, 6) is 0.555. The monoisotopic (exact) mass is 579 g/mol. The van der Waals surface area contributed by atoms with Gasteiger partial charge < -0.3 is 14.4 Å². The summed E-state index contributed by atoms with van der Waals surface area (Å²) in [5.41, 5.74) is 9.09. The highest BCUT2D eigenvalue weighted by molar-refractivity contribution is 6.42. The van der Waals surface area contributed by atoms with Gasteiger partial charge in [0.05, 0.1) is 36.9 Å². The Balaban J connectivity index is 1.40. The van der Waals surface area contributed by atoms with Crippen molar-refractivity contribution in [2.45, 2.75) is 33.1 Å². The van der Waals surface area contributed by atoms with Gasteiger partial charge in [-0.15, -0.1) is 0 Å². The van der Waals surface area contributed by atoms with E-state index in [1.54, 1.807) is 20.3 Å². The average Bonchev–Trinajstić information content (AvgIpc) is 3.24. The van der Waals surface area contributed by atoms with Crippen molar-refractivity contribution in [2.75, 3.05) is 19.1 Å². The van der Waals surface area contributed by atoms with E-state index in [1.807, 2.05) is 48.5 Å². The van der Waals surface area contributed by atoms with Crippen molar-refractivity contribution in [2.24, 2.45) is 0 Å². The average molecular weight is 580 g/mol. The number of ether oxygens (including phenoxy) is 2. The summed E-state index contributed by atoms with van der Waals surface area (Å²) in [7, 11) is 3.23. The Labute approximate surface area is 257 Å². The highest BCUT2D eigenvalue weighted by Gasteiger charge is 2.38. The molecule has 0 bridgehead atoms. The summed E-state index contributed by atoms with van der Waals surface area (Å²) in [6.07, 6.45) is 1.63. The Morgan fingerprint density at radius 2 is 1.16 bits per heavy atom. The number of rotatable bonds is 4. The number of carbonyl (C=O) groups excluding carboxylic acids is 2. The van der Waals surface area contributed by atoms with E-state index in [9.17, 15) is 9.59 Å². The van der Waals surface area contributed by atoms with Crippen LogP contribution in [0.5, 0.6) is 11.5 Å². The van der Waals surface area contributed by atoms with Crippen LogP contribution in [0, 0.1) is 13.8 Å². The normalized spacial score (nSPS) is 14.8. The van der Waals surface area contributed by atoms with Crippen LogP contribution in [0.1, 0.15) is 62.4 Å². The summed E-state index contributed by atoms with van der Waals surface area (Å²) in [6, 6.07) is 28.2. The molecule has 0 aromatic heterocycles. The zero-order chi connectivity index (χ0) is 30.9. The van der Waals surface area contributed by atoms with Gasteiger partial charge in [-0.25, -0.2) is 0 Å². The molecule has 0 atom stereocenters. The number of anilines is 3. The Hall–Kier alpha value is -5.16. The van der Waals surface area contributed by atoms with E-state index in [2.05, 4.69) is 69.0 Å².